The van der Waals surface area contributed by atoms with Gasteiger partial charge < -0.3 is 10.0 Å². The molecule has 0 aromatic heterocycles. The predicted molar refractivity (Wildman–Crippen MR) is 74.3 cm³/mol. The lowest BCUT2D eigenvalue weighted by Gasteiger charge is -2.40. The van der Waals surface area contributed by atoms with Crippen molar-refractivity contribution in [3.05, 3.63) is 0 Å². The number of amides is 1. The summed E-state index contributed by atoms with van der Waals surface area (Å²) in [6, 6.07) is 0. The van der Waals surface area contributed by atoms with Crippen LogP contribution >= 0.6 is 0 Å². The summed E-state index contributed by atoms with van der Waals surface area (Å²) in [4.78, 5) is 14.1. The van der Waals surface area contributed by atoms with Crippen molar-refractivity contribution in [1.82, 2.24) is 4.90 Å². The van der Waals surface area contributed by atoms with Crippen LogP contribution in [0.3, 0.4) is 0 Å². The van der Waals surface area contributed by atoms with Gasteiger partial charge >= 0.3 is 0 Å². The van der Waals surface area contributed by atoms with Crippen LogP contribution in [0.15, 0.2) is 0 Å². The first kappa shape index (κ1) is 15.5. The summed E-state index contributed by atoms with van der Waals surface area (Å²) in [6.07, 6.45) is 4.50. The Morgan fingerprint density at radius 3 is 2.22 bits per heavy atom. The Morgan fingerprint density at radius 1 is 1.28 bits per heavy atom. The second kappa shape index (κ2) is 6.05. The topological polar surface area (TPSA) is 40.5 Å². The summed E-state index contributed by atoms with van der Waals surface area (Å²) >= 11 is 0. The van der Waals surface area contributed by atoms with E-state index in [0.29, 0.717) is 6.42 Å². The van der Waals surface area contributed by atoms with E-state index in [9.17, 15) is 9.90 Å². The summed E-state index contributed by atoms with van der Waals surface area (Å²) in [6.45, 7) is 10.5. The Labute approximate surface area is 112 Å². The third-order valence-corrected chi connectivity index (χ3v) is 4.35. The molecule has 0 aromatic rings. The number of aliphatic hydroxyl groups excluding tert-OH is 1. The molecular formula is C15H29NO2. The highest BCUT2D eigenvalue weighted by atomic mass is 16.3. The highest BCUT2D eigenvalue weighted by Gasteiger charge is 2.33. The van der Waals surface area contributed by atoms with Gasteiger partial charge in [0, 0.05) is 26.1 Å². The molecule has 1 fully saturated rings. The van der Waals surface area contributed by atoms with Crippen molar-refractivity contribution in [2.45, 2.75) is 59.8 Å². The van der Waals surface area contributed by atoms with E-state index in [1.54, 1.807) is 0 Å². The van der Waals surface area contributed by atoms with Crippen LogP contribution in [0.2, 0.25) is 0 Å². The van der Waals surface area contributed by atoms with E-state index in [4.69, 9.17) is 0 Å². The van der Waals surface area contributed by atoms with Crippen LogP contribution in [0.25, 0.3) is 0 Å². The van der Waals surface area contributed by atoms with E-state index in [1.807, 2.05) is 4.90 Å². The Balaban J connectivity index is 2.41. The molecule has 1 amide bonds. The number of nitrogens with zero attached hydrogens (tertiary/aromatic N) is 1. The van der Waals surface area contributed by atoms with E-state index in [0.717, 1.165) is 38.8 Å². The van der Waals surface area contributed by atoms with E-state index in [-0.39, 0.29) is 23.3 Å². The molecule has 0 bridgehead atoms. The number of carbonyl (C=O) groups is 1. The Bertz CT molecular complexity index is 267. The first-order chi connectivity index (χ1) is 8.32. The van der Waals surface area contributed by atoms with Crippen LogP contribution in [-0.4, -0.2) is 35.6 Å². The Morgan fingerprint density at radius 2 is 1.83 bits per heavy atom. The fraction of sp³-hybridized carbons (Fsp3) is 0.933. The largest absolute Gasteiger partial charge is 0.396 e. The summed E-state index contributed by atoms with van der Waals surface area (Å²) < 4.78 is 0. The van der Waals surface area contributed by atoms with Crippen molar-refractivity contribution in [2.24, 2.45) is 10.8 Å². The van der Waals surface area contributed by atoms with Crippen molar-refractivity contribution in [1.29, 1.82) is 0 Å². The van der Waals surface area contributed by atoms with Crippen molar-refractivity contribution < 1.29 is 9.90 Å². The van der Waals surface area contributed by atoms with Gasteiger partial charge in [0.1, 0.15) is 0 Å². The van der Waals surface area contributed by atoms with Crippen LogP contribution in [0.1, 0.15) is 59.8 Å². The molecule has 1 rings (SSSR count). The van der Waals surface area contributed by atoms with E-state index >= 15 is 0 Å². The molecule has 0 radical (unpaired) electrons. The maximum Gasteiger partial charge on any atom is 0.222 e. The predicted octanol–water partition coefficient (Wildman–Crippen LogP) is 2.82. The summed E-state index contributed by atoms with van der Waals surface area (Å²) in [5.41, 5.74) is 0.296. The van der Waals surface area contributed by atoms with Gasteiger partial charge in [-0.1, -0.05) is 27.7 Å². The zero-order chi connectivity index (χ0) is 13.8. The number of hydrogen-bond donors (Lipinski definition) is 1. The lowest BCUT2D eigenvalue weighted by molar-refractivity contribution is -0.134. The molecule has 1 aliphatic heterocycles. The van der Waals surface area contributed by atoms with Crippen molar-refractivity contribution in [3.63, 3.8) is 0 Å². The molecule has 0 saturated carbocycles. The molecule has 1 heterocycles. The number of carbonyl (C=O) groups excluding carboxylic acids is 1. The molecular weight excluding hydrogens is 226 g/mol. The third kappa shape index (κ3) is 4.27. The summed E-state index contributed by atoms with van der Waals surface area (Å²) in [7, 11) is 0. The van der Waals surface area contributed by atoms with Crippen molar-refractivity contribution in [3.8, 4) is 0 Å². The molecule has 0 spiro atoms. The smallest absolute Gasteiger partial charge is 0.222 e. The molecule has 0 unspecified atom stereocenters. The van der Waals surface area contributed by atoms with Gasteiger partial charge in [0.2, 0.25) is 5.91 Å². The molecule has 0 aliphatic carbocycles. The average Bonchev–Trinajstić information content (AvgIpc) is 2.35. The molecule has 1 saturated heterocycles. The van der Waals surface area contributed by atoms with Crippen LogP contribution in [0.4, 0.5) is 0 Å². The van der Waals surface area contributed by atoms with Gasteiger partial charge in [-0.3, -0.25) is 4.79 Å². The van der Waals surface area contributed by atoms with Gasteiger partial charge in [0.25, 0.3) is 0 Å². The van der Waals surface area contributed by atoms with E-state index in [1.165, 1.54) is 0 Å². The second-order valence-corrected chi connectivity index (χ2v) is 6.95. The lowest BCUT2D eigenvalue weighted by Crippen LogP contribution is -2.44. The Hall–Kier alpha value is -0.570. The fourth-order valence-electron chi connectivity index (χ4n) is 2.49. The van der Waals surface area contributed by atoms with Crippen LogP contribution in [0, 0.1) is 10.8 Å². The van der Waals surface area contributed by atoms with Gasteiger partial charge in [-0.05, 0) is 36.5 Å². The molecule has 3 nitrogen and oxygen atoms in total. The van der Waals surface area contributed by atoms with Crippen LogP contribution in [0.5, 0.6) is 0 Å². The first-order valence-electron chi connectivity index (χ1n) is 7.20. The van der Waals surface area contributed by atoms with E-state index < -0.39 is 0 Å². The minimum absolute atomic E-state index is 0.0702. The molecule has 3 heteroatoms. The molecule has 1 N–H and O–H groups in total. The van der Waals surface area contributed by atoms with Gasteiger partial charge in [0.05, 0.1) is 0 Å². The minimum atomic E-state index is 0.0702. The number of aliphatic hydroxyl groups is 1. The fourth-order valence-corrected chi connectivity index (χ4v) is 2.49. The van der Waals surface area contributed by atoms with Crippen LogP contribution < -0.4 is 0 Å². The number of likely N-dealkylation sites (tertiary alicyclic amines) is 1. The van der Waals surface area contributed by atoms with E-state index in [2.05, 4.69) is 27.7 Å². The quantitative estimate of drug-likeness (QED) is 0.839. The van der Waals surface area contributed by atoms with Crippen molar-refractivity contribution in [2.75, 3.05) is 19.7 Å². The zero-order valence-electron chi connectivity index (χ0n) is 12.5. The van der Waals surface area contributed by atoms with Crippen LogP contribution in [-0.2, 0) is 4.79 Å². The third-order valence-electron chi connectivity index (χ3n) is 4.35. The highest BCUT2D eigenvalue weighted by Crippen LogP contribution is 2.34. The maximum absolute atomic E-state index is 12.1. The standard InChI is InChI=1S/C15H29NO2/c1-5-15(12-17)8-10-16(11-9-15)13(18)6-7-14(2,3)4/h17H,5-12H2,1-4H3. The Kier molecular flexibility index (Phi) is 5.20. The van der Waals surface area contributed by atoms with Gasteiger partial charge in [0.15, 0.2) is 0 Å². The minimum Gasteiger partial charge on any atom is -0.396 e. The molecule has 106 valence electrons. The maximum atomic E-state index is 12.1. The summed E-state index contributed by atoms with van der Waals surface area (Å²) in [5.74, 6) is 0.285. The monoisotopic (exact) mass is 255 g/mol. The zero-order valence-corrected chi connectivity index (χ0v) is 12.5. The number of rotatable bonds is 4. The normalized spacial score (nSPS) is 19.9. The number of hydrogen-bond acceptors (Lipinski definition) is 2. The number of piperidine rings is 1. The molecule has 1 aliphatic rings. The van der Waals surface area contributed by atoms with Gasteiger partial charge in [-0.2, -0.15) is 0 Å². The van der Waals surface area contributed by atoms with Gasteiger partial charge in [-0.25, -0.2) is 0 Å². The average molecular weight is 255 g/mol. The van der Waals surface area contributed by atoms with Gasteiger partial charge in [-0.15, -0.1) is 0 Å². The molecule has 0 aromatic carbocycles. The SMILES string of the molecule is CCC1(CO)CCN(C(=O)CCC(C)(C)C)CC1. The van der Waals surface area contributed by atoms with Crippen molar-refractivity contribution >= 4 is 5.91 Å². The lowest BCUT2D eigenvalue weighted by atomic mass is 9.77. The first-order valence-corrected chi connectivity index (χ1v) is 7.20. The highest BCUT2D eigenvalue weighted by molar-refractivity contribution is 5.76. The molecule has 0 atom stereocenters. The second-order valence-electron chi connectivity index (χ2n) is 6.95. The summed E-state index contributed by atoms with van der Waals surface area (Å²) in [5, 5.41) is 9.47. The molecule has 18 heavy (non-hydrogen) atoms.